The fourth-order valence-corrected chi connectivity index (χ4v) is 4.35. The summed E-state index contributed by atoms with van der Waals surface area (Å²) in [7, 11) is 1.83. The van der Waals surface area contributed by atoms with Crippen molar-refractivity contribution >= 4 is 40.6 Å². The summed E-state index contributed by atoms with van der Waals surface area (Å²) in [6, 6.07) is 14.8. The molecule has 1 saturated heterocycles. The lowest BCUT2D eigenvalue weighted by Gasteiger charge is -2.32. The highest BCUT2D eigenvalue weighted by Gasteiger charge is 2.16. The summed E-state index contributed by atoms with van der Waals surface area (Å²) in [5.74, 6) is 0.678. The molecule has 4 rings (SSSR count). The normalized spacial score (nSPS) is 14.2. The van der Waals surface area contributed by atoms with Gasteiger partial charge in [0.2, 0.25) is 5.91 Å². The van der Waals surface area contributed by atoms with Gasteiger partial charge in [-0.2, -0.15) is 0 Å². The van der Waals surface area contributed by atoms with Crippen molar-refractivity contribution in [3.63, 3.8) is 0 Å². The fraction of sp³-hybridized carbons (Fsp3) is 0.333. The van der Waals surface area contributed by atoms with Crippen LogP contribution in [0.25, 0.3) is 0 Å². The van der Waals surface area contributed by atoms with Gasteiger partial charge in [-0.15, -0.1) is 10.2 Å². The third-order valence-corrected chi connectivity index (χ3v) is 6.74. The quantitative estimate of drug-likeness (QED) is 0.513. The number of amides is 2. The van der Waals surface area contributed by atoms with Crippen LogP contribution in [0.3, 0.4) is 0 Å². The zero-order valence-corrected chi connectivity index (χ0v) is 19.6. The lowest BCUT2D eigenvalue weighted by atomic mass is 9.99. The minimum Gasteiger partial charge on any atom is -0.372 e. The molecule has 2 amide bonds. The highest BCUT2D eigenvalue weighted by atomic mass is 32.2. The van der Waals surface area contributed by atoms with Crippen molar-refractivity contribution in [1.82, 2.24) is 14.8 Å². The van der Waals surface area contributed by atoms with Gasteiger partial charge < -0.3 is 20.1 Å². The average molecular weight is 465 g/mol. The molecule has 3 aromatic rings. The Hall–Kier alpha value is -3.33. The van der Waals surface area contributed by atoms with E-state index < -0.39 is 0 Å². The van der Waals surface area contributed by atoms with Gasteiger partial charge >= 0.3 is 0 Å². The Morgan fingerprint density at radius 3 is 2.27 bits per heavy atom. The van der Waals surface area contributed by atoms with Crippen LogP contribution in [0.15, 0.2) is 60.0 Å². The van der Waals surface area contributed by atoms with Gasteiger partial charge in [0.25, 0.3) is 5.91 Å². The first-order chi connectivity index (χ1) is 16.0. The number of rotatable bonds is 7. The minimum absolute atomic E-state index is 0.150. The third-order valence-electron chi connectivity index (χ3n) is 5.71. The van der Waals surface area contributed by atoms with Gasteiger partial charge in [0.15, 0.2) is 5.16 Å². The van der Waals surface area contributed by atoms with Crippen molar-refractivity contribution < 1.29 is 9.59 Å². The molecule has 1 fully saturated rings. The minimum atomic E-state index is -0.190. The number of aryl methyl sites for hydroxylation is 1. The maximum atomic E-state index is 12.6. The standard InChI is InChI=1S/C24H28N6O2S/c1-17-11-13-30(14-12-17)21-9-7-20(8-10-21)27-23(32)18-3-5-19(6-4-18)26-22(31)15-33-24-28-25-16-29(24)2/h3-10,16-17H,11-15H2,1-2H3,(H,26,31)(H,27,32). The molecule has 0 spiro atoms. The number of piperidine rings is 1. The van der Waals surface area contributed by atoms with Crippen LogP contribution in [-0.4, -0.2) is 45.4 Å². The molecule has 0 saturated carbocycles. The molecule has 0 bridgehead atoms. The Balaban J connectivity index is 1.27. The number of benzene rings is 2. The van der Waals surface area contributed by atoms with Gasteiger partial charge in [-0.3, -0.25) is 9.59 Å². The maximum absolute atomic E-state index is 12.6. The molecule has 1 aromatic heterocycles. The fourth-order valence-electron chi connectivity index (χ4n) is 3.66. The van der Waals surface area contributed by atoms with Crippen molar-refractivity contribution in [2.45, 2.75) is 24.9 Å². The summed E-state index contributed by atoms with van der Waals surface area (Å²) in [4.78, 5) is 27.2. The Bertz CT molecular complexity index is 1090. The van der Waals surface area contributed by atoms with Crippen molar-refractivity contribution in [1.29, 1.82) is 0 Å². The van der Waals surface area contributed by atoms with E-state index in [2.05, 4.69) is 44.8 Å². The van der Waals surface area contributed by atoms with Crippen molar-refractivity contribution in [2.24, 2.45) is 13.0 Å². The lowest BCUT2D eigenvalue weighted by Crippen LogP contribution is -2.32. The predicted molar refractivity (Wildman–Crippen MR) is 132 cm³/mol. The molecule has 0 aliphatic carbocycles. The van der Waals surface area contributed by atoms with Crippen LogP contribution in [0.4, 0.5) is 17.1 Å². The third kappa shape index (κ3) is 6.13. The molecule has 8 nitrogen and oxygen atoms in total. The number of nitrogens with zero attached hydrogens (tertiary/aromatic N) is 4. The smallest absolute Gasteiger partial charge is 0.255 e. The van der Waals surface area contributed by atoms with Crippen LogP contribution >= 0.6 is 11.8 Å². The molecule has 1 aliphatic heterocycles. The molecule has 0 atom stereocenters. The molecule has 1 aliphatic rings. The Kier molecular flexibility index (Phi) is 7.29. The van der Waals surface area contributed by atoms with Gasteiger partial charge in [0.1, 0.15) is 6.33 Å². The molecular formula is C24H28N6O2S. The Morgan fingerprint density at radius 2 is 1.64 bits per heavy atom. The van der Waals surface area contributed by atoms with Crippen molar-refractivity contribution in [3.05, 3.63) is 60.4 Å². The predicted octanol–water partition coefficient (Wildman–Crippen LogP) is 4.03. The zero-order valence-electron chi connectivity index (χ0n) is 18.8. The summed E-state index contributed by atoms with van der Waals surface area (Å²) in [5, 5.41) is 14.2. The highest BCUT2D eigenvalue weighted by molar-refractivity contribution is 7.99. The molecule has 33 heavy (non-hydrogen) atoms. The highest BCUT2D eigenvalue weighted by Crippen LogP contribution is 2.24. The van der Waals surface area contributed by atoms with E-state index in [-0.39, 0.29) is 17.6 Å². The zero-order chi connectivity index (χ0) is 23.2. The van der Waals surface area contributed by atoms with Gasteiger partial charge in [-0.05, 0) is 67.3 Å². The summed E-state index contributed by atoms with van der Waals surface area (Å²) in [6.07, 6.45) is 4.03. The second-order valence-corrected chi connectivity index (χ2v) is 9.25. The van der Waals surface area contributed by atoms with E-state index in [0.29, 0.717) is 16.4 Å². The van der Waals surface area contributed by atoms with Crippen LogP contribution < -0.4 is 15.5 Å². The topological polar surface area (TPSA) is 92.2 Å². The number of hydrogen-bond donors (Lipinski definition) is 2. The second kappa shape index (κ2) is 10.5. The van der Waals surface area contributed by atoms with Crippen molar-refractivity contribution in [2.75, 3.05) is 34.4 Å². The van der Waals surface area contributed by atoms with E-state index in [9.17, 15) is 9.59 Å². The van der Waals surface area contributed by atoms with Crippen LogP contribution in [0.5, 0.6) is 0 Å². The van der Waals surface area contributed by atoms with E-state index in [4.69, 9.17) is 0 Å². The van der Waals surface area contributed by atoms with E-state index in [1.54, 1.807) is 35.2 Å². The van der Waals surface area contributed by atoms with Gasteiger partial charge in [0, 0.05) is 42.8 Å². The van der Waals surface area contributed by atoms with E-state index in [0.717, 1.165) is 24.7 Å². The molecule has 2 N–H and O–H groups in total. The van der Waals surface area contributed by atoms with E-state index in [1.165, 1.54) is 30.3 Å². The molecule has 0 radical (unpaired) electrons. The van der Waals surface area contributed by atoms with E-state index in [1.807, 2.05) is 19.2 Å². The molecule has 2 aromatic carbocycles. The van der Waals surface area contributed by atoms with Gasteiger partial charge in [0.05, 0.1) is 5.75 Å². The van der Waals surface area contributed by atoms with Crippen LogP contribution in [0, 0.1) is 5.92 Å². The first-order valence-corrected chi connectivity index (χ1v) is 12.0. The first-order valence-electron chi connectivity index (χ1n) is 11.0. The number of nitrogens with one attached hydrogen (secondary N) is 2. The first kappa shape index (κ1) is 22.8. The summed E-state index contributed by atoms with van der Waals surface area (Å²) >= 11 is 1.31. The SMILES string of the molecule is CC1CCN(c2ccc(NC(=O)c3ccc(NC(=O)CSc4nncn4C)cc3)cc2)CC1. The largest absolute Gasteiger partial charge is 0.372 e. The number of aromatic nitrogens is 3. The number of carbonyl (C=O) groups is 2. The molecule has 0 unspecified atom stereocenters. The van der Waals surface area contributed by atoms with E-state index >= 15 is 0 Å². The number of hydrogen-bond acceptors (Lipinski definition) is 6. The van der Waals surface area contributed by atoms with Crippen LogP contribution in [-0.2, 0) is 11.8 Å². The summed E-state index contributed by atoms with van der Waals surface area (Å²) in [6.45, 7) is 4.46. The van der Waals surface area contributed by atoms with Crippen LogP contribution in [0.2, 0.25) is 0 Å². The summed E-state index contributed by atoms with van der Waals surface area (Å²) < 4.78 is 1.76. The van der Waals surface area contributed by atoms with Crippen LogP contribution in [0.1, 0.15) is 30.1 Å². The monoisotopic (exact) mass is 464 g/mol. The van der Waals surface area contributed by atoms with Gasteiger partial charge in [-0.1, -0.05) is 18.7 Å². The van der Waals surface area contributed by atoms with Gasteiger partial charge in [-0.25, -0.2) is 0 Å². The maximum Gasteiger partial charge on any atom is 0.255 e. The Labute approximate surface area is 197 Å². The number of anilines is 3. The molecular weight excluding hydrogens is 436 g/mol. The molecule has 9 heteroatoms. The average Bonchev–Trinajstić information content (AvgIpc) is 3.24. The number of carbonyl (C=O) groups excluding carboxylic acids is 2. The number of thioether (sulfide) groups is 1. The molecule has 172 valence electrons. The Morgan fingerprint density at radius 1 is 1.00 bits per heavy atom. The molecule has 2 heterocycles. The lowest BCUT2D eigenvalue weighted by molar-refractivity contribution is -0.113. The van der Waals surface area contributed by atoms with Crippen molar-refractivity contribution in [3.8, 4) is 0 Å². The second-order valence-electron chi connectivity index (χ2n) is 8.31. The summed E-state index contributed by atoms with van der Waals surface area (Å²) in [5.41, 5.74) is 3.11.